The van der Waals surface area contributed by atoms with E-state index in [-0.39, 0.29) is 5.38 Å². The lowest BCUT2D eigenvalue weighted by molar-refractivity contribution is 0.307. The second-order valence-electron chi connectivity index (χ2n) is 6.19. The molecule has 0 aromatic heterocycles. The molecule has 0 radical (unpaired) electrons. The van der Waals surface area contributed by atoms with Crippen LogP contribution in [0.3, 0.4) is 0 Å². The summed E-state index contributed by atoms with van der Waals surface area (Å²) >= 11 is 6.10. The van der Waals surface area contributed by atoms with Gasteiger partial charge in [-0.25, -0.2) is 0 Å². The van der Waals surface area contributed by atoms with Gasteiger partial charge < -0.3 is 4.74 Å². The molecule has 1 atom stereocenters. The molecule has 2 rings (SSSR count). The van der Waals surface area contributed by atoms with Crippen molar-refractivity contribution in [1.29, 1.82) is 0 Å². The van der Waals surface area contributed by atoms with Crippen molar-refractivity contribution in [3.63, 3.8) is 0 Å². The summed E-state index contributed by atoms with van der Waals surface area (Å²) in [5.74, 6) is 1.08. The minimum atomic E-state index is 0.258. The number of aryl methyl sites for hydroxylation is 1. The average Bonchev–Trinajstić information content (AvgIpc) is 2.71. The summed E-state index contributed by atoms with van der Waals surface area (Å²) in [6, 6.07) is 6.63. The molecule has 1 heterocycles. The van der Waals surface area contributed by atoms with Gasteiger partial charge in [0.1, 0.15) is 5.75 Å². The zero-order valence-corrected chi connectivity index (χ0v) is 12.4. The Kier molecular flexibility index (Phi) is 4.21. The first-order valence-corrected chi connectivity index (χ1v) is 7.29. The largest absolute Gasteiger partial charge is 0.493 e. The van der Waals surface area contributed by atoms with Gasteiger partial charge in [-0.1, -0.05) is 26.0 Å². The van der Waals surface area contributed by atoms with Gasteiger partial charge in [-0.2, -0.15) is 0 Å². The molecule has 1 aliphatic rings. The highest BCUT2D eigenvalue weighted by Crippen LogP contribution is 2.32. The number of hydrogen-bond donors (Lipinski definition) is 0. The van der Waals surface area contributed by atoms with Gasteiger partial charge >= 0.3 is 0 Å². The molecule has 0 saturated heterocycles. The van der Waals surface area contributed by atoms with Gasteiger partial charge in [0.2, 0.25) is 0 Å². The van der Waals surface area contributed by atoms with Crippen LogP contribution in [-0.4, -0.2) is 12.0 Å². The predicted molar refractivity (Wildman–Crippen MR) is 77.7 cm³/mol. The molecular formula is C16H23ClO. The van der Waals surface area contributed by atoms with E-state index < -0.39 is 0 Å². The number of alkyl halides is 1. The second kappa shape index (κ2) is 5.52. The maximum atomic E-state index is 6.10. The average molecular weight is 267 g/mol. The number of benzene rings is 1. The van der Waals surface area contributed by atoms with Gasteiger partial charge in [-0.3, -0.25) is 0 Å². The lowest BCUT2D eigenvalue weighted by Gasteiger charge is -2.26. The van der Waals surface area contributed by atoms with Gasteiger partial charge in [0, 0.05) is 11.8 Å². The van der Waals surface area contributed by atoms with Crippen LogP contribution in [0, 0.1) is 5.41 Å². The molecule has 0 saturated carbocycles. The minimum absolute atomic E-state index is 0.258. The van der Waals surface area contributed by atoms with Crippen LogP contribution in [0.1, 0.15) is 44.7 Å². The van der Waals surface area contributed by atoms with Crippen molar-refractivity contribution in [2.75, 3.05) is 6.61 Å². The predicted octanol–water partition coefficient (Wildman–Crippen LogP) is 4.60. The zero-order chi connectivity index (χ0) is 13.2. The van der Waals surface area contributed by atoms with E-state index in [1.54, 1.807) is 0 Å². The SMILES string of the molecule is CC(Cl)CC(C)(C)CCc1ccc2c(c1)CCO2. The Labute approximate surface area is 115 Å². The number of hydrogen-bond acceptors (Lipinski definition) is 1. The van der Waals surface area contributed by atoms with Crippen LogP contribution in [0.15, 0.2) is 18.2 Å². The lowest BCUT2D eigenvalue weighted by atomic mass is 9.82. The highest BCUT2D eigenvalue weighted by Gasteiger charge is 2.20. The molecule has 1 aliphatic heterocycles. The van der Waals surface area contributed by atoms with Crippen LogP contribution in [-0.2, 0) is 12.8 Å². The molecule has 1 aromatic rings. The van der Waals surface area contributed by atoms with Crippen molar-refractivity contribution >= 4 is 11.6 Å². The molecule has 2 heteroatoms. The van der Waals surface area contributed by atoms with Crippen LogP contribution >= 0.6 is 11.6 Å². The van der Waals surface area contributed by atoms with E-state index in [9.17, 15) is 0 Å². The Morgan fingerprint density at radius 2 is 2.17 bits per heavy atom. The monoisotopic (exact) mass is 266 g/mol. The third kappa shape index (κ3) is 3.65. The third-order valence-corrected chi connectivity index (χ3v) is 3.83. The molecule has 100 valence electrons. The Morgan fingerprint density at radius 3 is 2.89 bits per heavy atom. The van der Waals surface area contributed by atoms with Crippen molar-refractivity contribution in [2.24, 2.45) is 5.41 Å². The first kappa shape index (κ1) is 13.7. The summed E-state index contributed by atoms with van der Waals surface area (Å²) in [6.45, 7) is 7.54. The molecule has 0 spiro atoms. The molecule has 1 nitrogen and oxygen atoms in total. The first-order valence-electron chi connectivity index (χ1n) is 6.85. The quantitative estimate of drug-likeness (QED) is 0.708. The van der Waals surface area contributed by atoms with Gasteiger partial charge in [0.05, 0.1) is 6.61 Å². The maximum Gasteiger partial charge on any atom is 0.122 e. The van der Waals surface area contributed by atoms with Crippen molar-refractivity contribution in [1.82, 2.24) is 0 Å². The molecule has 0 amide bonds. The van der Waals surface area contributed by atoms with Crippen LogP contribution in [0.2, 0.25) is 0 Å². The van der Waals surface area contributed by atoms with E-state index >= 15 is 0 Å². The molecule has 0 aliphatic carbocycles. The summed E-state index contributed by atoms with van der Waals surface area (Å²) in [5, 5.41) is 0.258. The molecule has 1 unspecified atom stereocenters. The molecule has 18 heavy (non-hydrogen) atoms. The maximum absolute atomic E-state index is 6.10. The standard InChI is InChI=1S/C16H23ClO/c1-12(17)11-16(2,3)8-6-13-4-5-15-14(10-13)7-9-18-15/h4-5,10,12H,6-9,11H2,1-3H3. The molecule has 0 fully saturated rings. The topological polar surface area (TPSA) is 9.23 Å². The van der Waals surface area contributed by atoms with Crippen LogP contribution < -0.4 is 4.74 Å². The van der Waals surface area contributed by atoms with Crippen LogP contribution in [0.4, 0.5) is 0 Å². The Bertz CT molecular complexity index is 410. The number of fused-ring (bicyclic) bond motifs is 1. The van der Waals surface area contributed by atoms with Crippen molar-refractivity contribution in [2.45, 2.75) is 51.8 Å². The van der Waals surface area contributed by atoms with Crippen molar-refractivity contribution < 1.29 is 4.74 Å². The number of ether oxygens (including phenoxy) is 1. The van der Waals surface area contributed by atoms with Gasteiger partial charge in [0.25, 0.3) is 0 Å². The first-order chi connectivity index (χ1) is 8.46. The summed E-state index contributed by atoms with van der Waals surface area (Å²) in [4.78, 5) is 0. The van der Waals surface area contributed by atoms with E-state index in [0.717, 1.165) is 31.6 Å². The molecule has 0 bridgehead atoms. The summed E-state index contributed by atoms with van der Waals surface area (Å²) in [5.41, 5.74) is 3.11. The smallest absolute Gasteiger partial charge is 0.122 e. The fourth-order valence-electron chi connectivity index (χ4n) is 2.74. The van der Waals surface area contributed by atoms with Gasteiger partial charge in [0.15, 0.2) is 0 Å². The Hall–Kier alpha value is -0.690. The number of rotatable bonds is 5. The van der Waals surface area contributed by atoms with Gasteiger partial charge in [-0.05, 0) is 48.8 Å². The highest BCUT2D eigenvalue weighted by molar-refractivity contribution is 6.20. The summed E-state index contributed by atoms with van der Waals surface area (Å²) in [6.07, 6.45) is 4.45. The van der Waals surface area contributed by atoms with Gasteiger partial charge in [-0.15, -0.1) is 11.6 Å². The summed E-state index contributed by atoms with van der Waals surface area (Å²) in [7, 11) is 0. The van der Waals surface area contributed by atoms with Crippen molar-refractivity contribution in [3.05, 3.63) is 29.3 Å². The second-order valence-corrected chi connectivity index (χ2v) is 6.93. The zero-order valence-electron chi connectivity index (χ0n) is 11.6. The van der Waals surface area contributed by atoms with E-state index in [1.165, 1.54) is 17.5 Å². The van der Waals surface area contributed by atoms with E-state index in [0.29, 0.717) is 5.41 Å². The normalized spacial score (nSPS) is 16.2. The molecule has 0 N–H and O–H groups in total. The molecule has 1 aromatic carbocycles. The van der Waals surface area contributed by atoms with Crippen LogP contribution in [0.25, 0.3) is 0 Å². The van der Waals surface area contributed by atoms with E-state index in [1.807, 2.05) is 0 Å². The highest BCUT2D eigenvalue weighted by atomic mass is 35.5. The molecular weight excluding hydrogens is 244 g/mol. The van der Waals surface area contributed by atoms with Crippen molar-refractivity contribution in [3.8, 4) is 5.75 Å². The van der Waals surface area contributed by atoms with E-state index in [2.05, 4.69) is 39.0 Å². The fourth-order valence-corrected chi connectivity index (χ4v) is 3.16. The summed E-state index contributed by atoms with van der Waals surface area (Å²) < 4.78 is 5.53. The minimum Gasteiger partial charge on any atom is -0.493 e. The lowest BCUT2D eigenvalue weighted by Crippen LogP contribution is -2.16. The Balaban J connectivity index is 1.94. The fraction of sp³-hybridized carbons (Fsp3) is 0.625. The Morgan fingerprint density at radius 1 is 1.39 bits per heavy atom. The number of halogens is 1. The van der Waals surface area contributed by atoms with Crippen LogP contribution in [0.5, 0.6) is 5.75 Å². The third-order valence-electron chi connectivity index (χ3n) is 3.68. The van der Waals surface area contributed by atoms with E-state index in [4.69, 9.17) is 16.3 Å².